The molecule has 0 aliphatic rings. The fourth-order valence-electron chi connectivity index (χ4n) is 1.71. The van der Waals surface area contributed by atoms with Crippen LogP contribution in [0, 0.1) is 10.1 Å². The van der Waals surface area contributed by atoms with Crippen LogP contribution in [0.2, 0.25) is 5.02 Å². The van der Waals surface area contributed by atoms with Crippen LogP contribution in [-0.4, -0.2) is 23.4 Å². The third-order valence-corrected chi connectivity index (χ3v) is 3.76. The van der Waals surface area contributed by atoms with Crippen LogP contribution in [0.4, 0.5) is 11.4 Å². The Bertz CT molecular complexity index is 795. The van der Waals surface area contributed by atoms with E-state index in [-0.39, 0.29) is 11.3 Å². The van der Waals surface area contributed by atoms with Crippen molar-refractivity contribution in [3.63, 3.8) is 0 Å². The van der Waals surface area contributed by atoms with E-state index in [9.17, 15) is 19.7 Å². The second kappa shape index (κ2) is 7.89. The largest absolute Gasteiger partial charge is 0.452 e. The number of carbonyl (C=O) groups is 2. The van der Waals surface area contributed by atoms with Crippen molar-refractivity contribution >= 4 is 50.8 Å². The minimum atomic E-state index is -0.662. The van der Waals surface area contributed by atoms with Crippen molar-refractivity contribution in [1.82, 2.24) is 0 Å². The zero-order chi connectivity index (χ0) is 17.7. The smallest absolute Gasteiger partial charge is 0.338 e. The number of carbonyl (C=O) groups excluding carboxylic acids is 2. The molecule has 0 aromatic heterocycles. The van der Waals surface area contributed by atoms with Crippen LogP contribution >= 0.6 is 27.5 Å². The molecule has 124 valence electrons. The minimum absolute atomic E-state index is 0.117. The van der Waals surface area contributed by atoms with E-state index >= 15 is 0 Å². The molecule has 0 unspecified atom stereocenters. The summed E-state index contributed by atoms with van der Waals surface area (Å²) in [4.78, 5) is 33.7. The number of esters is 1. The highest BCUT2D eigenvalue weighted by molar-refractivity contribution is 9.10. The lowest BCUT2D eigenvalue weighted by atomic mass is 10.2. The molecule has 1 N–H and O–H groups in total. The predicted octanol–water partition coefficient (Wildman–Crippen LogP) is 3.81. The number of nitro benzene ring substituents is 1. The van der Waals surface area contributed by atoms with E-state index in [2.05, 4.69) is 21.2 Å². The van der Waals surface area contributed by atoms with E-state index in [1.807, 2.05) is 0 Å². The summed E-state index contributed by atoms with van der Waals surface area (Å²) < 4.78 is 5.23. The van der Waals surface area contributed by atoms with E-state index < -0.39 is 23.4 Å². The molecule has 0 fully saturated rings. The molecule has 0 saturated heterocycles. The first kappa shape index (κ1) is 17.9. The second-order valence-corrected chi connectivity index (χ2v) is 5.84. The maximum absolute atomic E-state index is 11.8. The summed E-state index contributed by atoms with van der Waals surface area (Å²) in [6, 6.07) is 9.92. The van der Waals surface area contributed by atoms with Crippen LogP contribution in [-0.2, 0) is 9.53 Å². The first-order valence-corrected chi connectivity index (χ1v) is 7.70. The van der Waals surface area contributed by atoms with Crippen molar-refractivity contribution in [1.29, 1.82) is 0 Å². The number of hydrogen-bond donors (Lipinski definition) is 1. The maximum atomic E-state index is 11.8. The third-order valence-electron chi connectivity index (χ3n) is 2.85. The van der Waals surface area contributed by atoms with Gasteiger partial charge in [-0.15, -0.1) is 0 Å². The first-order valence-electron chi connectivity index (χ1n) is 6.53. The van der Waals surface area contributed by atoms with Crippen molar-refractivity contribution < 1.29 is 19.2 Å². The van der Waals surface area contributed by atoms with Crippen LogP contribution in [0.5, 0.6) is 0 Å². The van der Waals surface area contributed by atoms with Gasteiger partial charge in [-0.2, -0.15) is 0 Å². The summed E-state index contributed by atoms with van der Waals surface area (Å²) in [5, 5.41) is 13.6. The van der Waals surface area contributed by atoms with E-state index in [0.717, 1.165) is 0 Å². The number of ether oxygens (including phenoxy) is 1. The lowest BCUT2D eigenvalue weighted by Crippen LogP contribution is -2.21. The van der Waals surface area contributed by atoms with Gasteiger partial charge >= 0.3 is 5.97 Å². The zero-order valence-corrected chi connectivity index (χ0v) is 14.3. The van der Waals surface area contributed by atoms with Gasteiger partial charge in [-0.1, -0.05) is 11.6 Å². The van der Waals surface area contributed by atoms with Crippen molar-refractivity contribution in [2.75, 3.05) is 11.9 Å². The molecule has 0 spiro atoms. The predicted molar refractivity (Wildman–Crippen MR) is 91.2 cm³/mol. The first-order chi connectivity index (χ1) is 11.4. The van der Waals surface area contributed by atoms with Gasteiger partial charge in [-0.3, -0.25) is 14.9 Å². The number of nitro groups is 1. The number of nitrogens with zero attached hydrogens (tertiary/aromatic N) is 1. The summed E-state index contributed by atoms with van der Waals surface area (Å²) >= 11 is 8.84. The van der Waals surface area contributed by atoms with Gasteiger partial charge in [0.1, 0.15) is 0 Å². The zero-order valence-electron chi connectivity index (χ0n) is 12.0. The summed E-state index contributed by atoms with van der Waals surface area (Å²) in [6.07, 6.45) is 0. The Morgan fingerprint density at radius 1 is 1.21 bits per heavy atom. The summed E-state index contributed by atoms with van der Waals surface area (Å²) in [5.41, 5.74) is 0.478. The third kappa shape index (κ3) is 4.77. The SMILES string of the molecule is O=C(COC(=O)c1ccc(Cl)cc1)Nc1ccc([N+](=O)[O-])cc1Br. The molecule has 0 bridgehead atoms. The maximum Gasteiger partial charge on any atom is 0.338 e. The van der Waals surface area contributed by atoms with Crippen molar-refractivity contribution in [3.05, 3.63) is 67.6 Å². The van der Waals surface area contributed by atoms with E-state index in [1.165, 1.54) is 42.5 Å². The van der Waals surface area contributed by atoms with Crippen LogP contribution < -0.4 is 5.32 Å². The lowest BCUT2D eigenvalue weighted by Gasteiger charge is -2.08. The second-order valence-electron chi connectivity index (χ2n) is 4.55. The van der Waals surface area contributed by atoms with Gasteiger partial charge in [-0.25, -0.2) is 4.79 Å². The molecule has 1 amide bonds. The number of anilines is 1. The molecule has 0 atom stereocenters. The lowest BCUT2D eigenvalue weighted by molar-refractivity contribution is -0.384. The molecular weight excluding hydrogens is 404 g/mol. The monoisotopic (exact) mass is 412 g/mol. The number of halogens is 2. The number of benzene rings is 2. The molecule has 2 rings (SSSR count). The molecule has 0 heterocycles. The summed E-state index contributed by atoms with van der Waals surface area (Å²) in [7, 11) is 0. The Hall–Kier alpha value is -2.45. The number of non-ortho nitro benzene ring substituents is 1. The Morgan fingerprint density at radius 3 is 2.46 bits per heavy atom. The molecular formula is C15H10BrClN2O5. The Morgan fingerprint density at radius 2 is 1.88 bits per heavy atom. The van der Waals surface area contributed by atoms with Gasteiger partial charge in [0.25, 0.3) is 11.6 Å². The van der Waals surface area contributed by atoms with Gasteiger partial charge in [0.2, 0.25) is 0 Å². The summed E-state index contributed by atoms with van der Waals surface area (Å²) in [6.45, 7) is -0.495. The van der Waals surface area contributed by atoms with Gasteiger partial charge in [0, 0.05) is 21.6 Å². The molecule has 0 aliphatic carbocycles. The Kier molecular flexibility index (Phi) is 5.88. The number of amides is 1. The van der Waals surface area contributed by atoms with Crippen LogP contribution in [0.3, 0.4) is 0 Å². The van der Waals surface area contributed by atoms with E-state index in [1.54, 1.807) is 0 Å². The van der Waals surface area contributed by atoms with Gasteiger partial charge in [0.15, 0.2) is 6.61 Å². The van der Waals surface area contributed by atoms with Gasteiger partial charge in [0.05, 0.1) is 16.2 Å². The van der Waals surface area contributed by atoms with Crippen LogP contribution in [0.15, 0.2) is 46.9 Å². The highest BCUT2D eigenvalue weighted by atomic mass is 79.9. The number of rotatable bonds is 5. The molecule has 0 saturated carbocycles. The molecule has 0 radical (unpaired) electrons. The van der Waals surface area contributed by atoms with Gasteiger partial charge in [-0.05, 0) is 46.3 Å². The Labute approximate surface area is 149 Å². The van der Waals surface area contributed by atoms with Crippen LogP contribution in [0.25, 0.3) is 0 Å². The topological polar surface area (TPSA) is 98.5 Å². The quantitative estimate of drug-likeness (QED) is 0.456. The van der Waals surface area contributed by atoms with Crippen LogP contribution in [0.1, 0.15) is 10.4 Å². The highest BCUT2D eigenvalue weighted by Gasteiger charge is 2.13. The number of hydrogen-bond acceptors (Lipinski definition) is 5. The normalized spacial score (nSPS) is 10.1. The molecule has 2 aromatic rings. The van der Waals surface area contributed by atoms with Crippen molar-refractivity contribution in [3.8, 4) is 0 Å². The fraction of sp³-hybridized carbons (Fsp3) is 0.0667. The van der Waals surface area contributed by atoms with E-state index in [4.69, 9.17) is 16.3 Å². The Balaban J connectivity index is 1.92. The average Bonchev–Trinajstić information content (AvgIpc) is 2.55. The number of nitrogens with one attached hydrogen (secondary N) is 1. The molecule has 0 aliphatic heterocycles. The molecule has 2 aromatic carbocycles. The van der Waals surface area contributed by atoms with E-state index in [0.29, 0.717) is 15.2 Å². The highest BCUT2D eigenvalue weighted by Crippen LogP contribution is 2.27. The fourth-order valence-corrected chi connectivity index (χ4v) is 2.30. The average molecular weight is 414 g/mol. The minimum Gasteiger partial charge on any atom is -0.452 e. The van der Waals surface area contributed by atoms with Gasteiger partial charge < -0.3 is 10.1 Å². The molecule has 24 heavy (non-hydrogen) atoms. The van der Waals surface area contributed by atoms with Crippen molar-refractivity contribution in [2.24, 2.45) is 0 Å². The van der Waals surface area contributed by atoms with Crippen molar-refractivity contribution in [2.45, 2.75) is 0 Å². The standard InChI is InChI=1S/C15H10BrClN2O5/c16-12-7-11(19(22)23)5-6-13(12)18-14(20)8-24-15(21)9-1-3-10(17)4-2-9/h1-7H,8H2,(H,18,20). The molecule has 7 nitrogen and oxygen atoms in total. The summed E-state index contributed by atoms with van der Waals surface area (Å²) in [5.74, 6) is -1.24. The molecule has 9 heteroatoms.